The van der Waals surface area contributed by atoms with E-state index in [0.717, 1.165) is 24.9 Å². The molecule has 0 radical (unpaired) electrons. The number of thiocarbonyl (C=S) groups is 1. The van der Waals surface area contributed by atoms with Gasteiger partial charge >= 0.3 is 0 Å². The topological polar surface area (TPSA) is 41.1 Å². The number of benzene rings is 1. The average molecular weight is 363 g/mol. The molecule has 1 amide bonds. The summed E-state index contributed by atoms with van der Waals surface area (Å²) in [7, 11) is 0. The number of amides is 1. The zero-order chi connectivity index (χ0) is 18.7. The molecule has 1 unspecified atom stereocenters. The van der Waals surface area contributed by atoms with E-state index < -0.39 is 0 Å². The van der Waals surface area contributed by atoms with E-state index in [1.54, 1.807) is 0 Å². The highest BCUT2D eigenvalue weighted by molar-refractivity contribution is 7.80. The molecule has 0 bridgehead atoms. The third kappa shape index (κ3) is 9.01. The van der Waals surface area contributed by atoms with Crippen LogP contribution in [0.5, 0.6) is 0 Å². The summed E-state index contributed by atoms with van der Waals surface area (Å²) in [4.78, 5) is 12.4. The molecule has 1 rings (SSSR count). The van der Waals surface area contributed by atoms with Gasteiger partial charge in [-0.15, -0.1) is 0 Å². The molecule has 140 valence electrons. The number of rotatable bonds is 10. The van der Waals surface area contributed by atoms with Crippen molar-refractivity contribution in [3.05, 3.63) is 35.4 Å². The van der Waals surface area contributed by atoms with Gasteiger partial charge in [0, 0.05) is 6.54 Å². The zero-order valence-electron chi connectivity index (χ0n) is 16.2. The van der Waals surface area contributed by atoms with E-state index in [9.17, 15) is 4.79 Å². The molecule has 0 saturated carbocycles. The molecule has 1 aromatic carbocycles. The molecule has 3 nitrogen and oxygen atoms in total. The normalized spacial score (nSPS) is 12.0. The van der Waals surface area contributed by atoms with Crippen molar-refractivity contribution in [2.45, 2.75) is 72.1 Å². The molecule has 0 spiro atoms. The van der Waals surface area contributed by atoms with Gasteiger partial charge in [0.2, 0.25) is 5.91 Å². The van der Waals surface area contributed by atoms with Crippen molar-refractivity contribution in [2.75, 3.05) is 6.54 Å². The van der Waals surface area contributed by atoms with E-state index in [0.29, 0.717) is 11.0 Å². The Hall–Kier alpha value is -1.42. The van der Waals surface area contributed by atoms with Gasteiger partial charge < -0.3 is 10.6 Å². The summed E-state index contributed by atoms with van der Waals surface area (Å²) < 4.78 is 0. The third-order valence-electron chi connectivity index (χ3n) is 4.32. The highest BCUT2D eigenvalue weighted by Crippen LogP contribution is 2.17. The fraction of sp³-hybridized carbons (Fsp3) is 0.619. The van der Waals surface area contributed by atoms with Gasteiger partial charge in [-0.3, -0.25) is 4.79 Å². The first-order valence-electron chi connectivity index (χ1n) is 9.61. The van der Waals surface area contributed by atoms with Crippen LogP contribution in [0.3, 0.4) is 0 Å². The number of hydrogen-bond acceptors (Lipinski definition) is 2. The number of carbonyl (C=O) groups is 1. The van der Waals surface area contributed by atoms with E-state index in [1.807, 2.05) is 19.1 Å². The minimum atomic E-state index is -0.211. The second-order valence-electron chi connectivity index (χ2n) is 7.22. The van der Waals surface area contributed by atoms with Crippen molar-refractivity contribution in [3.8, 4) is 0 Å². The van der Waals surface area contributed by atoms with E-state index in [1.165, 1.54) is 31.2 Å². The number of nitrogens with one attached hydrogen (secondary N) is 2. The smallest absolute Gasteiger partial charge is 0.233 e. The summed E-state index contributed by atoms with van der Waals surface area (Å²) in [6, 6.07) is 8.33. The Morgan fingerprint density at radius 3 is 2.28 bits per heavy atom. The van der Waals surface area contributed by atoms with E-state index in [4.69, 9.17) is 12.2 Å². The zero-order valence-corrected chi connectivity index (χ0v) is 17.0. The molecule has 4 heteroatoms. The van der Waals surface area contributed by atoms with Crippen LogP contribution >= 0.6 is 12.2 Å². The third-order valence-corrected chi connectivity index (χ3v) is 4.57. The summed E-state index contributed by atoms with van der Waals surface area (Å²) in [5, 5.41) is 6.37. The first kappa shape index (κ1) is 21.6. The lowest BCUT2D eigenvalue weighted by atomic mass is 9.96. The Morgan fingerprint density at radius 1 is 1.04 bits per heavy atom. The predicted molar refractivity (Wildman–Crippen MR) is 111 cm³/mol. The van der Waals surface area contributed by atoms with Crippen molar-refractivity contribution in [1.29, 1.82) is 0 Å². The molecular weight excluding hydrogens is 328 g/mol. The van der Waals surface area contributed by atoms with Gasteiger partial charge in [-0.05, 0) is 49.0 Å². The lowest BCUT2D eigenvalue weighted by molar-refractivity contribution is -0.120. The van der Waals surface area contributed by atoms with Gasteiger partial charge in [0.1, 0.15) is 0 Å². The first-order chi connectivity index (χ1) is 11.9. The minimum absolute atomic E-state index is 0.0555. The second-order valence-corrected chi connectivity index (χ2v) is 7.63. The summed E-state index contributed by atoms with van der Waals surface area (Å²) in [6.07, 6.45) is 7.15. The van der Waals surface area contributed by atoms with Crippen LogP contribution in [0.15, 0.2) is 24.3 Å². The Labute approximate surface area is 159 Å². The fourth-order valence-corrected chi connectivity index (χ4v) is 2.96. The van der Waals surface area contributed by atoms with E-state index >= 15 is 0 Å². The highest BCUT2D eigenvalue weighted by Gasteiger charge is 2.16. The Kier molecular flexibility index (Phi) is 10.4. The molecule has 1 atom stereocenters. The summed E-state index contributed by atoms with van der Waals surface area (Å²) in [5.74, 6) is 0.370. The van der Waals surface area contributed by atoms with Crippen LogP contribution in [0.25, 0.3) is 0 Å². The van der Waals surface area contributed by atoms with Crippen molar-refractivity contribution >= 4 is 23.2 Å². The van der Waals surface area contributed by atoms with Crippen LogP contribution in [0.4, 0.5) is 0 Å². The molecule has 0 aliphatic rings. The number of hydrogen-bond donors (Lipinski definition) is 2. The molecule has 2 N–H and O–H groups in total. The van der Waals surface area contributed by atoms with Crippen LogP contribution < -0.4 is 10.6 Å². The van der Waals surface area contributed by atoms with Crippen molar-refractivity contribution in [2.24, 2.45) is 5.92 Å². The summed E-state index contributed by atoms with van der Waals surface area (Å²) >= 11 is 5.23. The van der Waals surface area contributed by atoms with Gasteiger partial charge in [-0.25, -0.2) is 0 Å². The van der Waals surface area contributed by atoms with Crippen LogP contribution in [-0.2, 0) is 11.2 Å². The Bertz CT molecular complexity index is 525. The Morgan fingerprint density at radius 2 is 1.68 bits per heavy atom. The standard InChI is InChI=1S/C21H34N2OS/c1-5-6-7-8-9-14-22-21(25)23-20(24)17(4)19-12-10-18(11-13-19)15-16(2)3/h10-13,16-17H,5-9,14-15H2,1-4H3,(H2,22,23,24,25). The van der Waals surface area contributed by atoms with Crippen LogP contribution in [0.1, 0.15) is 76.8 Å². The molecule has 0 fully saturated rings. The maximum atomic E-state index is 12.4. The van der Waals surface area contributed by atoms with E-state index in [-0.39, 0.29) is 11.8 Å². The molecular formula is C21H34N2OS. The summed E-state index contributed by atoms with van der Waals surface area (Å²) in [5.41, 5.74) is 2.33. The van der Waals surface area contributed by atoms with E-state index in [2.05, 4.69) is 43.5 Å². The molecule has 0 saturated heterocycles. The molecule has 0 aliphatic carbocycles. The highest BCUT2D eigenvalue weighted by atomic mass is 32.1. The lowest BCUT2D eigenvalue weighted by Crippen LogP contribution is -2.41. The first-order valence-corrected chi connectivity index (χ1v) is 10.0. The minimum Gasteiger partial charge on any atom is -0.362 e. The van der Waals surface area contributed by atoms with Crippen molar-refractivity contribution in [1.82, 2.24) is 10.6 Å². The quantitative estimate of drug-likeness (QED) is 0.457. The lowest BCUT2D eigenvalue weighted by Gasteiger charge is -2.15. The largest absolute Gasteiger partial charge is 0.362 e. The Balaban J connectivity index is 2.36. The maximum Gasteiger partial charge on any atom is 0.233 e. The van der Waals surface area contributed by atoms with Crippen LogP contribution in [0.2, 0.25) is 0 Å². The molecule has 0 aromatic heterocycles. The maximum absolute atomic E-state index is 12.4. The fourth-order valence-electron chi connectivity index (χ4n) is 2.76. The molecule has 0 heterocycles. The van der Waals surface area contributed by atoms with Gasteiger partial charge in [0.05, 0.1) is 5.92 Å². The van der Waals surface area contributed by atoms with Gasteiger partial charge in [0.15, 0.2) is 5.11 Å². The van der Waals surface area contributed by atoms with Gasteiger partial charge in [-0.1, -0.05) is 70.7 Å². The van der Waals surface area contributed by atoms with Crippen molar-refractivity contribution < 1.29 is 4.79 Å². The van der Waals surface area contributed by atoms with Gasteiger partial charge in [-0.2, -0.15) is 0 Å². The van der Waals surface area contributed by atoms with Crippen LogP contribution in [-0.4, -0.2) is 17.6 Å². The monoisotopic (exact) mass is 362 g/mol. The van der Waals surface area contributed by atoms with Crippen LogP contribution in [0, 0.1) is 5.92 Å². The van der Waals surface area contributed by atoms with Crippen molar-refractivity contribution in [3.63, 3.8) is 0 Å². The number of unbranched alkanes of at least 4 members (excludes halogenated alkanes) is 4. The number of carbonyl (C=O) groups excluding carboxylic acids is 1. The summed E-state index contributed by atoms with van der Waals surface area (Å²) in [6.45, 7) is 9.37. The molecule has 0 aliphatic heterocycles. The SMILES string of the molecule is CCCCCCCNC(=S)NC(=O)C(C)c1ccc(CC(C)C)cc1. The molecule has 1 aromatic rings. The second kappa shape index (κ2) is 12.0. The average Bonchev–Trinajstić information content (AvgIpc) is 2.57. The molecule has 25 heavy (non-hydrogen) atoms. The van der Waals surface area contributed by atoms with Gasteiger partial charge in [0.25, 0.3) is 0 Å². The predicted octanol–water partition coefficient (Wildman–Crippen LogP) is 4.95.